The molecule has 2 heterocycles. The van der Waals surface area contributed by atoms with Gasteiger partial charge in [-0.1, -0.05) is 5.11 Å². The van der Waals surface area contributed by atoms with Gasteiger partial charge in [-0.05, 0) is 29.8 Å². The Morgan fingerprint density at radius 1 is 1.36 bits per heavy atom. The number of H-pyrrole nitrogens is 1. The van der Waals surface area contributed by atoms with Crippen molar-refractivity contribution in [2.24, 2.45) is 5.11 Å². The second-order valence-corrected chi connectivity index (χ2v) is 4.44. The molecule has 0 saturated carbocycles. The molecule has 0 bridgehead atoms. The highest BCUT2D eigenvalue weighted by Gasteiger charge is 2.31. The third-order valence-electron chi connectivity index (χ3n) is 3.18. The van der Waals surface area contributed by atoms with E-state index in [9.17, 15) is 14.9 Å². The number of nitro groups is 1. The summed E-state index contributed by atoms with van der Waals surface area (Å²) in [4.78, 5) is 28.1. The normalized spacial score (nSPS) is 14.4. The van der Waals surface area contributed by atoms with Crippen molar-refractivity contribution >= 4 is 34.6 Å². The summed E-state index contributed by atoms with van der Waals surface area (Å²) in [6, 6.07) is 6.10. The second-order valence-electron chi connectivity index (χ2n) is 4.44. The summed E-state index contributed by atoms with van der Waals surface area (Å²) in [6.07, 6.45) is 3.23. The summed E-state index contributed by atoms with van der Waals surface area (Å²) in [7, 11) is 0. The standard InChI is InChI=1S/C13H8N6O3/c14-18-17-12-10(19(21)22)4-3-9-11(12)8(13(20)16-9)6-7-2-1-5-15-7/h1-6,15H,(H,16,20). The largest absolute Gasteiger partial charge is 0.362 e. The number of fused-ring (bicyclic) bond motifs is 1. The van der Waals surface area contributed by atoms with Gasteiger partial charge in [-0.2, -0.15) is 0 Å². The second kappa shape index (κ2) is 5.08. The molecule has 9 heteroatoms. The lowest BCUT2D eigenvalue weighted by atomic mass is 10.0. The molecule has 0 unspecified atom stereocenters. The number of hydrogen-bond acceptors (Lipinski definition) is 4. The Morgan fingerprint density at radius 2 is 2.18 bits per heavy atom. The molecule has 108 valence electrons. The van der Waals surface area contributed by atoms with Crippen LogP contribution in [0.3, 0.4) is 0 Å². The zero-order valence-electron chi connectivity index (χ0n) is 11.0. The van der Waals surface area contributed by atoms with E-state index in [-0.39, 0.29) is 22.5 Å². The fourth-order valence-corrected chi connectivity index (χ4v) is 2.28. The number of azide groups is 1. The fraction of sp³-hybridized carbons (Fsp3) is 0. The highest BCUT2D eigenvalue weighted by Crippen LogP contribution is 2.44. The molecule has 2 N–H and O–H groups in total. The van der Waals surface area contributed by atoms with Gasteiger partial charge in [0.05, 0.1) is 16.2 Å². The van der Waals surface area contributed by atoms with Crippen molar-refractivity contribution in [1.29, 1.82) is 0 Å². The quantitative estimate of drug-likeness (QED) is 0.224. The number of hydrogen-bond donors (Lipinski definition) is 2. The number of rotatable bonds is 3. The molecule has 1 aromatic heterocycles. The highest BCUT2D eigenvalue weighted by atomic mass is 16.6. The van der Waals surface area contributed by atoms with E-state index < -0.39 is 10.8 Å². The van der Waals surface area contributed by atoms with Crippen molar-refractivity contribution in [1.82, 2.24) is 4.98 Å². The van der Waals surface area contributed by atoms with E-state index in [1.54, 1.807) is 24.4 Å². The van der Waals surface area contributed by atoms with Crippen molar-refractivity contribution in [3.63, 3.8) is 0 Å². The number of nitrogens with zero attached hydrogens (tertiary/aromatic N) is 4. The van der Waals surface area contributed by atoms with Crippen LogP contribution in [-0.4, -0.2) is 15.8 Å². The van der Waals surface area contributed by atoms with Crippen LogP contribution in [0.4, 0.5) is 17.1 Å². The summed E-state index contributed by atoms with van der Waals surface area (Å²) >= 11 is 0. The summed E-state index contributed by atoms with van der Waals surface area (Å²) in [5.41, 5.74) is 9.58. The van der Waals surface area contributed by atoms with Crippen LogP contribution in [-0.2, 0) is 4.79 Å². The Balaban J connectivity index is 2.29. The number of nitro benzene ring substituents is 1. The van der Waals surface area contributed by atoms with Crippen LogP contribution in [0, 0.1) is 10.1 Å². The van der Waals surface area contributed by atoms with Crippen LogP contribution in [0.5, 0.6) is 0 Å². The van der Waals surface area contributed by atoms with E-state index in [2.05, 4.69) is 20.3 Å². The first kappa shape index (κ1) is 13.4. The maximum absolute atomic E-state index is 12.1. The average Bonchev–Trinajstić information content (AvgIpc) is 3.08. The first-order chi connectivity index (χ1) is 10.6. The van der Waals surface area contributed by atoms with Crippen LogP contribution in [0.15, 0.2) is 35.6 Å². The number of carbonyl (C=O) groups excluding carboxylic acids is 1. The zero-order valence-corrected chi connectivity index (χ0v) is 11.0. The third kappa shape index (κ3) is 2.07. The van der Waals surface area contributed by atoms with Crippen LogP contribution < -0.4 is 5.32 Å². The maximum Gasteiger partial charge on any atom is 0.279 e. The van der Waals surface area contributed by atoms with Gasteiger partial charge in [0.1, 0.15) is 5.69 Å². The molecule has 0 spiro atoms. The van der Waals surface area contributed by atoms with Gasteiger partial charge in [0.15, 0.2) is 0 Å². The average molecular weight is 296 g/mol. The van der Waals surface area contributed by atoms with Gasteiger partial charge in [-0.25, -0.2) is 0 Å². The van der Waals surface area contributed by atoms with Gasteiger partial charge in [-0.3, -0.25) is 14.9 Å². The number of aromatic amines is 1. The Hall–Kier alpha value is -3.58. The van der Waals surface area contributed by atoms with Crippen LogP contribution >= 0.6 is 0 Å². The minimum Gasteiger partial charge on any atom is -0.362 e. The van der Waals surface area contributed by atoms with Crippen molar-refractivity contribution in [3.05, 3.63) is 62.3 Å². The van der Waals surface area contributed by atoms with E-state index in [4.69, 9.17) is 5.53 Å². The van der Waals surface area contributed by atoms with E-state index in [1.807, 2.05) is 0 Å². The molecule has 0 fully saturated rings. The molecule has 0 atom stereocenters. The molecule has 1 aliphatic rings. The highest BCUT2D eigenvalue weighted by molar-refractivity contribution is 6.36. The van der Waals surface area contributed by atoms with E-state index in [0.717, 1.165) is 0 Å². The van der Waals surface area contributed by atoms with Gasteiger partial charge in [0.2, 0.25) is 0 Å². The van der Waals surface area contributed by atoms with Crippen molar-refractivity contribution < 1.29 is 9.72 Å². The lowest BCUT2D eigenvalue weighted by molar-refractivity contribution is -0.384. The Bertz CT molecular complexity index is 862. The number of benzene rings is 1. The number of anilines is 1. The molecule has 0 aliphatic carbocycles. The van der Waals surface area contributed by atoms with Crippen molar-refractivity contribution in [2.45, 2.75) is 0 Å². The maximum atomic E-state index is 12.1. The summed E-state index contributed by atoms with van der Waals surface area (Å²) in [6.45, 7) is 0. The number of amides is 1. The predicted octanol–water partition coefficient (Wildman–Crippen LogP) is 3.36. The zero-order chi connectivity index (χ0) is 15.7. The molecular formula is C13H8N6O3. The van der Waals surface area contributed by atoms with Gasteiger partial charge < -0.3 is 10.3 Å². The first-order valence-electron chi connectivity index (χ1n) is 6.15. The molecule has 22 heavy (non-hydrogen) atoms. The Kier molecular flexibility index (Phi) is 3.09. The lowest BCUT2D eigenvalue weighted by Gasteiger charge is -2.04. The first-order valence-corrected chi connectivity index (χ1v) is 6.15. The van der Waals surface area contributed by atoms with E-state index in [1.165, 1.54) is 12.1 Å². The third-order valence-corrected chi connectivity index (χ3v) is 3.18. The van der Waals surface area contributed by atoms with Gasteiger partial charge in [-0.15, -0.1) is 0 Å². The topological polar surface area (TPSA) is 137 Å². The molecule has 1 aliphatic heterocycles. The van der Waals surface area contributed by atoms with Gasteiger partial charge in [0.25, 0.3) is 11.6 Å². The fourth-order valence-electron chi connectivity index (χ4n) is 2.28. The van der Waals surface area contributed by atoms with Crippen LogP contribution in [0.1, 0.15) is 11.3 Å². The van der Waals surface area contributed by atoms with Crippen LogP contribution in [0.2, 0.25) is 0 Å². The Labute approximate surface area is 123 Å². The molecule has 9 nitrogen and oxygen atoms in total. The van der Waals surface area contributed by atoms with Crippen molar-refractivity contribution in [3.8, 4) is 0 Å². The van der Waals surface area contributed by atoms with E-state index >= 15 is 0 Å². The minimum atomic E-state index is -0.653. The Morgan fingerprint density at radius 3 is 2.82 bits per heavy atom. The SMILES string of the molecule is [N-]=[N+]=Nc1c([N+](=O)[O-])ccc2c1C(=Cc1ccc[nH]1)C(=O)N2. The molecule has 0 radical (unpaired) electrons. The monoisotopic (exact) mass is 296 g/mol. The summed E-state index contributed by atoms with van der Waals surface area (Å²) < 4.78 is 0. The molecule has 2 aromatic rings. The summed E-state index contributed by atoms with van der Waals surface area (Å²) in [5.74, 6) is -0.417. The molecule has 1 amide bonds. The van der Waals surface area contributed by atoms with E-state index in [0.29, 0.717) is 11.4 Å². The number of aromatic nitrogens is 1. The van der Waals surface area contributed by atoms with Gasteiger partial charge in [0, 0.05) is 28.4 Å². The smallest absolute Gasteiger partial charge is 0.279 e. The minimum absolute atomic E-state index is 0.179. The molecule has 0 saturated heterocycles. The number of carbonyl (C=O) groups is 1. The lowest BCUT2D eigenvalue weighted by Crippen LogP contribution is -2.03. The van der Waals surface area contributed by atoms with Crippen molar-refractivity contribution in [2.75, 3.05) is 5.32 Å². The summed E-state index contributed by atoms with van der Waals surface area (Å²) in [5, 5.41) is 17.1. The molecule has 1 aromatic carbocycles. The number of nitrogens with one attached hydrogen (secondary N) is 2. The predicted molar refractivity (Wildman–Crippen MR) is 79.2 cm³/mol. The van der Waals surface area contributed by atoms with Gasteiger partial charge >= 0.3 is 0 Å². The molecular weight excluding hydrogens is 288 g/mol. The van der Waals surface area contributed by atoms with Crippen LogP contribution in [0.25, 0.3) is 22.1 Å². The molecule has 3 rings (SSSR count).